The van der Waals surface area contributed by atoms with E-state index in [1.807, 2.05) is 63.2 Å². The van der Waals surface area contributed by atoms with E-state index in [4.69, 9.17) is 4.74 Å². The molecule has 188 valence electrons. The Morgan fingerprint density at radius 2 is 1.84 bits per heavy atom. The lowest BCUT2D eigenvalue weighted by atomic mass is 9.84. The van der Waals surface area contributed by atoms with Crippen LogP contribution in [0.25, 0.3) is 16.7 Å². The molecule has 0 bridgehead atoms. The number of pyridine rings is 1. The molecule has 2 N–H and O–H groups in total. The molecule has 37 heavy (non-hydrogen) atoms. The summed E-state index contributed by atoms with van der Waals surface area (Å²) in [4.78, 5) is 36.0. The molecule has 1 aliphatic heterocycles. The van der Waals surface area contributed by atoms with Gasteiger partial charge in [-0.2, -0.15) is 0 Å². The van der Waals surface area contributed by atoms with Gasteiger partial charge in [0.05, 0.1) is 31.0 Å². The highest BCUT2D eigenvalue weighted by Gasteiger charge is 2.47. The summed E-state index contributed by atoms with van der Waals surface area (Å²) < 4.78 is 5.54. The maximum absolute atomic E-state index is 13.5. The van der Waals surface area contributed by atoms with Crippen molar-refractivity contribution in [1.29, 1.82) is 0 Å². The van der Waals surface area contributed by atoms with Gasteiger partial charge in [0.15, 0.2) is 0 Å². The number of nitrogens with one attached hydrogen (secondary N) is 1. The number of ether oxygens (including phenoxy) is 1. The number of carbonyl (C=O) groups excluding carboxylic acids is 2. The van der Waals surface area contributed by atoms with Crippen LogP contribution in [0, 0.1) is 0 Å². The number of para-hydroxylation sites is 1. The van der Waals surface area contributed by atoms with E-state index in [0.717, 1.165) is 22.0 Å². The zero-order valence-electron chi connectivity index (χ0n) is 21.3. The second kappa shape index (κ2) is 9.24. The van der Waals surface area contributed by atoms with E-state index in [-0.39, 0.29) is 23.3 Å². The lowest BCUT2D eigenvalue weighted by Gasteiger charge is -2.25. The Labute approximate surface area is 215 Å². The van der Waals surface area contributed by atoms with Crippen LogP contribution in [0.3, 0.4) is 0 Å². The third kappa shape index (κ3) is 4.27. The minimum atomic E-state index is -0.793. The number of aromatic amines is 1. The molecule has 1 unspecified atom stereocenters. The summed E-state index contributed by atoms with van der Waals surface area (Å²) in [5, 5.41) is 12.5. The molecular weight excluding hydrogens is 466 g/mol. The number of methoxy groups -OCH3 is 1. The molecule has 0 aliphatic carbocycles. The molecule has 1 saturated heterocycles. The van der Waals surface area contributed by atoms with Gasteiger partial charge in [0.1, 0.15) is 11.5 Å². The van der Waals surface area contributed by atoms with Gasteiger partial charge < -0.3 is 19.7 Å². The number of rotatable bonds is 5. The van der Waals surface area contributed by atoms with Crippen LogP contribution in [0.1, 0.15) is 49.2 Å². The Hall–Kier alpha value is -4.39. The predicted octanol–water partition coefficient (Wildman–Crippen LogP) is 5.49. The van der Waals surface area contributed by atoms with Gasteiger partial charge in [0.2, 0.25) is 0 Å². The molecule has 7 heteroatoms. The third-order valence-corrected chi connectivity index (χ3v) is 6.80. The summed E-state index contributed by atoms with van der Waals surface area (Å²) in [6, 6.07) is 17.7. The highest BCUT2D eigenvalue weighted by atomic mass is 16.5. The Morgan fingerprint density at radius 1 is 1.08 bits per heavy atom. The molecule has 3 heterocycles. The Morgan fingerprint density at radius 3 is 2.54 bits per heavy atom. The number of amides is 1. The number of nitrogens with zero attached hydrogens (tertiary/aromatic N) is 2. The van der Waals surface area contributed by atoms with Crippen molar-refractivity contribution in [3.63, 3.8) is 0 Å². The van der Waals surface area contributed by atoms with Gasteiger partial charge in [-0.25, -0.2) is 0 Å². The van der Waals surface area contributed by atoms with E-state index in [2.05, 4.69) is 9.97 Å². The normalized spacial score (nSPS) is 17.5. The molecule has 1 atom stereocenters. The van der Waals surface area contributed by atoms with Crippen LogP contribution in [0.4, 0.5) is 0 Å². The summed E-state index contributed by atoms with van der Waals surface area (Å²) >= 11 is 0. The molecule has 0 radical (unpaired) electrons. The smallest absolute Gasteiger partial charge is 0.296 e. The van der Waals surface area contributed by atoms with Gasteiger partial charge in [0, 0.05) is 40.0 Å². The number of aliphatic hydroxyl groups excluding tert-OH is 1. The number of carbonyl (C=O) groups is 2. The lowest BCUT2D eigenvalue weighted by Crippen LogP contribution is -2.29. The summed E-state index contributed by atoms with van der Waals surface area (Å²) in [6.45, 7) is 6.27. The number of hydrogen-bond acceptors (Lipinski definition) is 5. The SMILES string of the molecule is COc1ccc(/C(O)=C2\C(=O)C(=O)N(Cc3ccccn3)C2c2c[nH]c3ccccc23)cc1C(C)(C)C. The summed E-state index contributed by atoms with van der Waals surface area (Å²) in [5.41, 5.74) is 3.36. The highest BCUT2D eigenvalue weighted by Crippen LogP contribution is 2.43. The zero-order chi connectivity index (χ0) is 26.3. The first-order valence-corrected chi connectivity index (χ1v) is 12.1. The molecule has 0 saturated carbocycles. The minimum absolute atomic E-state index is 0.0516. The first-order valence-electron chi connectivity index (χ1n) is 12.1. The number of ketones is 1. The zero-order valence-corrected chi connectivity index (χ0v) is 21.3. The van der Waals surface area contributed by atoms with Crippen LogP contribution in [0.5, 0.6) is 5.75 Å². The van der Waals surface area contributed by atoms with Gasteiger partial charge in [0.25, 0.3) is 11.7 Å². The van der Waals surface area contributed by atoms with Crippen molar-refractivity contribution in [2.75, 3.05) is 7.11 Å². The molecule has 0 spiro atoms. The summed E-state index contributed by atoms with van der Waals surface area (Å²) in [5.74, 6) is -0.929. The Kier molecular flexibility index (Phi) is 6.07. The fraction of sp³-hybridized carbons (Fsp3) is 0.233. The van der Waals surface area contributed by atoms with Gasteiger partial charge in [-0.3, -0.25) is 14.6 Å². The van der Waals surface area contributed by atoms with Crippen LogP contribution < -0.4 is 4.74 Å². The second-order valence-corrected chi connectivity index (χ2v) is 10.2. The molecule has 2 aromatic carbocycles. The summed E-state index contributed by atoms with van der Waals surface area (Å²) in [7, 11) is 1.60. The van der Waals surface area contributed by atoms with Crippen LogP contribution in [-0.2, 0) is 21.5 Å². The largest absolute Gasteiger partial charge is 0.507 e. The van der Waals surface area contributed by atoms with Crippen molar-refractivity contribution >= 4 is 28.4 Å². The van der Waals surface area contributed by atoms with Crippen molar-refractivity contribution in [2.24, 2.45) is 0 Å². The fourth-order valence-electron chi connectivity index (χ4n) is 4.95. The number of aliphatic hydroxyl groups is 1. The number of fused-ring (bicyclic) bond motifs is 1. The van der Waals surface area contributed by atoms with Gasteiger partial charge in [-0.15, -0.1) is 0 Å². The lowest BCUT2D eigenvalue weighted by molar-refractivity contribution is -0.140. The standard InChI is InChI=1S/C30H29N3O4/c1-30(2,3)22-15-18(12-13-24(22)37-4)27(34)25-26(21-16-32-23-11-6-5-10-20(21)23)33(29(36)28(25)35)17-19-9-7-8-14-31-19/h5-16,26,32,34H,17H2,1-4H3/b27-25+. The molecule has 1 fully saturated rings. The number of H-pyrrole nitrogens is 1. The third-order valence-electron chi connectivity index (χ3n) is 6.80. The Balaban J connectivity index is 1.72. The average Bonchev–Trinajstić information content (AvgIpc) is 3.42. The minimum Gasteiger partial charge on any atom is -0.507 e. The molecule has 5 rings (SSSR count). The van der Waals surface area contributed by atoms with E-state index in [9.17, 15) is 14.7 Å². The van der Waals surface area contributed by atoms with Gasteiger partial charge >= 0.3 is 0 Å². The fourth-order valence-corrected chi connectivity index (χ4v) is 4.95. The molecule has 7 nitrogen and oxygen atoms in total. The van der Waals surface area contributed by atoms with Crippen LogP contribution >= 0.6 is 0 Å². The van der Waals surface area contributed by atoms with Crippen LogP contribution in [0.15, 0.2) is 78.6 Å². The van der Waals surface area contributed by atoms with Crippen molar-refractivity contribution in [2.45, 2.75) is 38.8 Å². The van der Waals surface area contributed by atoms with E-state index in [0.29, 0.717) is 17.0 Å². The molecular formula is C30H29N3O4. The number of aromatic nitrogens is 2. The molecule has 1 aliphatic rings. The predicted molar refractivity (Wildman–Crippen MR) is 142 cm³/mol. The maximum atomic E-state index is 13.5. The van der Waals surface area contributed by atoms with Crippen molar-refractivity contribution in [3.8, 4) is 5.75 Å². The first-order chi connectivity index (χ1) is 17.7. The number of Topliss-reactive ketones (excluding diaryl/α,β-unsaturated/α-hetero) is 1. The number of hydrogen-bond donors (Lipinski definition) is 2. The topological polar surface area (TPSA) is 95.5 Å². The molecule has 2 aromatic heterocycles. The van der Waals surface area contributed by atoms with Crippen molar-refractivity contribution in [3.05, 3.63) is 101 Å². The van der Waals surface area contributed by atoms with E-state index >= 15 is 0 Å². The average molecular weight is 496 g/mol. The molecule has 1 amide bonds. The summed E-state index contributed by atoms with van der Waals surface area (Å²) in [6.07, 6.45) is 3.45. The highest BCUT2D eigenvalue weighted by molar-refractivity contribution is 6.46. The van der Waals surface area contributed by atoms with Crippen molar-refractivity contribution in [1.82, 2.24) is 14.9 Å². The Bertz CT molecular complexity index is 1530. The van der Waals surface area contributed by atoms with E-state index < -0.39 is 17.7 Å². The molecule has 4 aromatic rings. The quantitative estimate of drug-likeness (QED) is 0.217. The number of benzene rings is 2. The van der Waals surface area contributed by atoms with Crippen LogP contribution in [0.2, 0.25) is 0 Å². The first kappa shape index (κ1) is 24.3. The van der Waals surface area contributed by atoms with Gasteiger partial charge in [-0.1, -0.05) is 45.0 Å². The van der Waals surface area contributed by atoms with E-state index in [1.54, 1.807) is 37.7 Å². The second-order valence-electron chi connectivity index (χ2n) is 10.2. The number of likely N-dealkylation sites (tertiary alicyclic amines) is 1. The van der Waals surface area contributed by atoms with Crippen LogP contribution in [-0.4, -0.2) is 38.8 Å². The monoisotopic (exact) mass is 495 g/mol. The van der Waals surface area contributed by atoms with Gasteiger partial charge in [-0.05, 0) is 41.8 Å². The van der Waals surface area contributed by atoms with E-state index in [1.165, 1.54) is 4.90 Å². The van der Waals surface area contributed by atoms with Crippen molar-refractivity contribution < 1.29 is 19.4 Å². The maximum Gasteiger partial charge on any atom is 0.296 e.